The predicted molar refractivity (Wildman–Crippen MR) is 42.5 cm³/mol. The van der Waals surface area contributed by atoms with Crippen molar-refractivity contribution in [2.24, 2.45) is 0 Å². The summed E-state index contributed by atoms with van der Waals surface area (Å²) in [5.74, 6) is 0. The van der Waals surface area contributed by atoms with E-state index in [-0.39, 0.29) is 23.1 Å². The van der Waals surface area contributed by atoms with Gasteiger partial charge in [-0.2, -0.15) is 0 Å². The van der Waals surface area contributed by atoms with Gasteiger partial charge < -0.3 is 9.85 Å². The molecular formula is C6H16ClNO. The first-order valence-corrected chi connectivity index (χ1v) is 3.07. The molecule has 0 N–H and O–H groups in total. The molecule has 0 radical (unpaired) electrons. The van der Waals surface area contributed by atoms with Gasteiger partial charge in [-0.05, 0) is 20.8 Å². The fourth-order valence-corrected chi connectivity index (χ4v) is 0.365. The van der Waals surface area contributed by atoms with Crippen LogP contribution in [-0.4, -0.2) is 24.3 Å². The summed E-state index contributed by atoms with van der Waals surface area (Å²) in [6.07, 6.45) is 0. The molecule has 0 fully saturated rings. The van der Waals surface area contributed by atoms with E-state index in [1.54, 1.807) is 7.05 Å². The van der Waals surface area contributed by atoms with Gasteiger partial charge in [0.05, 0.1) is 19.6 Å². The minimum Gasteiger partial charge on any atom is -0.633 e. The van der Waals surface area contributed by atoms with E-state index in [9.17, 15) is 5.21 Å². The molecule has 1 unspecified atom stereocenters. The number of halogens is 1. The van der Waals surface area contributed by atoms with Gasteiger partial charge in [-0.3, -0.25) is 0 Å². The van der Waals surface area contributed by atoms with Crippen LogP contribution >= 0.6 is 12.4 Å². The van der Waals surface area contributed by atoms with Gasteiger partial charge in [0.2, 0.25) is 0 Å². The van der Waals surface area contributed by atoms with Crippen LogP contribution in [-0.2, 0) is 0 Å². The Balaban J connectivity index is 0. The van der Waals surface area contributed by atoms with Crippen LogP contribution in [0.25, 0.3) is 0 Å². The molecule has 0 bridgehead atoms. The van der Waals surface area contributed by atoms with Gasteiger partial charge in [-0.25, -0.2) is 0 Å². The summed E-state index contributed by atoms with van der Waals surface area (Å²) in [7, 11) is 1.70. The summed E-state index contributed by atoms with van der Waals surface area (Å²) < 4.78 is -0.125. The maximum absolute atomic E-state index is 11.1. The molecule has 3 heteroatoms. The molecule has 9 heavy (non-hydrogen) atoms. The molecule has 0 aromatic rings. The van der Waals surface area contributed by atoms with Gasteiger partial charge >= 0.3 is 0 Å². The smallest absolute Gasteiger partial charge is 0.0828 e. The van der Waals surface area contributed by atoms with Gasteiger partial charge in [-0.15, -0.1) is 12.4 Å². The zero-order valence-corrected chi connectivity index (χ0v) is 7.36. The normalized spacial score (nSPS) is 16.7. The molecule has 0 rings (SSSR count). The van der Waals surface area contributed by atoms with E-state index < -0.39 is 0 Å². The van der Waals surface area contributed by atoms with Crippen molar-refractivity contribution < 1.29 is 4.65 Å². The molecule has 1 atom stereocenters. The Hall–Kier alpha value is 0.210. The highest BCUT2D eigenvalue weighted by Crippen LogP contribution is 2.04. The topological polar surface area (TPSA) is 23.1 Å². The summed E-state index contributed by atoms with van der Waals surface area (Å²) in [5, 5.41) is 11.1. The number of rotatable bonds is 2. The summed E-state index contributed by atoms with van der Waals surface area (Å²) in [6, 6.07) is 0.194. The Morgan fingerprint density at radius 3 is 1.78 bits per heavy atom. The molecule has 0 aliphatic carbocycles. The van der Waals surface area contributed by atoms with Gasteiger partial charge in [0.15, 0.2) is 0 Å². The van der Waals surface area contributed by atoms with E-state index in [0.717, 1.165) is 0 Å². The van der Waals surface area contributed by atoms with Crippen LogP contribution in [0.5, 0.6) is 0 Å². The van der Waals surface area contributed by atoms with Gasteiger partial charge in [0, 0.05) is 0 Å². The fraction of sp³-hybridized carbons (Fsp3) is 1.00. The van der Waals surface area contributed by atoms with Crippen molar-refractivity contribution in [1.82, 2.24) is 0 Å². The van der Waals surface area contributed by atoms with Crippen molar-refractivity contribution in [3.8, 4) is 0 Å². The van der Waals surface area contributed by atoms with Crippen molar-refractivity contribution >= 4 is 12.4 Å². The molecule has 0 aromatic heterocycles. The molecular weight excluding hydrogens is 138 g/mol. The fourth-order valence-electron chi connectivity index (χ4n) is 0.365. The summed E-state index contributed by atoms with van der Waals surface area (Å²) >= 11 is 0. The van der Waals surface area contributed by atoms with Gasteiger partial charge in [0.1, 0.15) is 0 Å². The first kappa shape index (κ1) is 11.9. The van der Waals surface area contributed by atoms with Crippen molar-refractivity contribution in [2.75, 3.05) is 13.6 Å². The van der Waals surface area contributed by atoms with Gasteiger partial charge in [0.25, 0.3) is 0 Å². The SMILES string of the molecule is CC[N+](C)([O-])C(C)C.Cl. The Morgan fingerprint density at radius 2 is 1.78 bits per heavy atom. The third kappa shape index (κ3) is 3.73. The molecule has 0 heterocycles. The van der Waals surface area contributed by atoms with Gasteiger partial charge in [-0.1, -0.05) is 0 Å². The number of hydrogen-bond donors (Lipinski definition) is 0. The Kier molecular flexibility index (Phi) is 5.43. The summed E-state index contributed by atoms with van der Waals surface area (Å²) in [5.41, 5.74) is 0. The monoisotopic (exact) mass is 153 g/mol. The molecule has 0 spiro atoms. The summed E-state index contributed by atoms with van der Waals surface area (Å²) in [4.78, 5) is 0. The maximum Gasteiger partial charge on any atom is 0.0828 e. The molecule has 0 aliphatic rings. The van der Waals surface area contributed by atoms with Crippen LogP contribution in [0.4, 0.5) is 0 Å². The highest BCUT2D eigenvalue weighted by molar-refractivity contribution is 5.85. The number of quaternary nitrogens is 1. The number of hydrogen-bond acceptors (Lipinski definition) is 1. The second-order valence-electron chi connectivity index (χ2n) is 2.58. The third-order valence-corrected chi connectivity index (χ3v) is 1.72. The zero-order valence-electron chi connectivity index (χ0n) is 6.55. The first-order chi connectivity index (χ1) is 3.50. The number of hydroxylamine groups is 3. The van der Waals surface area contributed by atoms with E-state index in [2.05, 4.69) is 0 Å². The van der Waals surface area contributed by atoms with Crippen LogP contribution < -0.4 is 0 Å². The van der Waals surface area contributed by atoms with Crippen molar-refractivity contribution in [2.45, 2.75) is 26.8 Å². The quantitative estimate of drug-likeness (QED) is 0.438. The van der Waals surface area contributed by atoms with Crippen molar-refractivity contribution in [1.29, 1.82) is 0 Å². The minimum atomic E-state index is -0.125. The summed E-state index contributed by atoms with van der Waals surface area (Å²) in [6.45, 7) is 6.46. The van der Waals surface area contributed by atoms with E-state index in [1.165, 1.54) is 0 Å². The van der Waals surface area contributed by atoms with Crippen molar-refractivity contribution in [3.63, 3.8) is 0 Å². The van der Waals surface area contributed by atoms with E-state index >= 15 is 0 Å². The average molecular weight is 154 g/mol. The standard InChI is InChI=1S/C6H15NO.ClH/c1-5-7(4,8)6(2)3;/h6H,5H2,1-4H3;1H. The van der Waals surface area contributed by atoms with Crippen molar-refractivity contribution in [3.05, 3.63) is 5.21 Å². The lowest BCUT2D eigenvalue weighted by Gasteiger charge is -2.41. The van der Waals surface area contributed by atoms with E-state index in [1.807, 2.05) is 20.8 Å². The molecule has 0 saturated carbocycles. The van der Waals surface area contributed by atoms with Crippen LogP contribution in [0.15, 0.2) is 0 Å². The molecule has 0 amide bonds. The Labute approximate surface area is 63.4 Å². The molecule has 2 nitrogen and oxygen atoms in total. The molecule has 0 saturated heterocycles. The first-order valence-electron chi connectivity index (χ1n) is 3.07. The molecule has 0 aliphatic heterocycles. The molecule has 58 valence electrons. The highest BCUT2D eigenvalue weighted by atomic mass is 35.5. The van der Waals surface area contributed by atoms with Crippen LogP contribution in [0.2, 0.25) is 0 Å². The lowest BCUT2D eigenvalue weighted by atomic mass is 10.3. The molecule has 0 aromatic carbocycles. The Bertz CT molecular complexity index is 73.5. The zero-order chi connectivity index (χ0) is 6.78. The third-order valence-electron chi connectivity index (χ3n) is 1.72. The largest absolute Gasteiger partial charge is 0.633 e. The second kappa shape index (κ2) is 4.09. The lowest BCUT2D eigenvalue weighted by molar-refractivity contribution is -0.880. The van der Waals surface area contributed by atoms with Crippen LogP contribution in [0.3, 0.4) is 0 Å². The van der Waals surface area contributed by atoms with Crippen LogP contribution in [0.1, 0.15) is 20.8 Å². The lowest BCUT2D eigenvalue weighted by Crippen LogP contribution is -2.43. The van der Waals surface area contributed by atoms with E-state index in [4.69, 9.17) is 0 Å². The van der Waals surface area contributed by atoms with Crippen LogP contribution in [0, 0.1) is 5.21 Å². The van der Waals surface area contributed by atoms with E-state index in [0.29, 0.717) is 6.54 Å². The highest BCUT2D eigenvalue weighted by Gasteiger charge is 2.10. The average Bonchev–Trinajstić information content (AvgIpc) is 1.67. The second-order valence-corrected chi connectivity index (χ2v) is 2.58. The maximum atomic E-state index is 11.1. The number of nitrogens with zero attached hydrogens (tertiary/aromatic N) is 1. The Morgan fingerprint density at radius 1 is 1.44 bits per heavy atom. The predicted octanol–water partition coefficient (Wildman–Crippen LogP) is 1.78. The minimum absolute atomic E-state index is 0.